The molecule has 56 heavy (non-hydrogen) atoms. The lowest BCUT2D eigenvalue weighted by atomic mass is 9.96. The van der Waals surface area contributed by atoms with E-state index in [4.69, 9.17) is 9.97 Å². The molecule has 0 spiro atoms. The molecule has 0 aliphatic heterocycles. The first-order valence-corrected chi connectivity index (χ1v) is 19.2. The Kier molecular flexibility index (Phi) is 5.86. The minimum atomic E-state index is 0.812. The summed E-state index contributed by atoms with van der Waals surface area (Å²) in [6, 6.07) is 65.7. The van der Waals surface area contributed by atoms with E-state index in [9.17, 15) is 0 Å². The fourth-order valence-corrected chi connectivity index (χ4v) is 9.60. The van der Waals surface area contributed by atoms with E-state index >= 15 is 0 Å². The number of hydrogen-bond donors (Lipinski definition) is 0. The van der Waals surface area contributed by atoms with Gasteiger partial charge in [-0.05, 0) is 63.5 Å². The van der Waals surface area contributed by atoms with Crippen LogP contribution in [0.2, 0.25) is 0 Å². The van der Waals surface area contributed by atoms with Gasteiger partial charge in [-0.15, -0.1) is 0 Å². The SMILES string of the molecule is c1ccc(-c2nc3c(nc2-n2c4cccc5c6cccc7c8ccccc8n(c8cccc2c8c54)c67)c(-c2ccc4ccccc4c2)cc2ccccc23)cc1. The lowest BCUT2D eigenvalue weighted by Gasteiger charge is -2.17. The van der Waals surface area contributed by atoms with Gasteiger partial charge in [-0.1, -0.05) is 146 Å². The van der Waals surface area contributed by atoms with E-state index in [1.54, 1.807) is 0 Å². The number of hydrogen-bond acceptors (Lipinski definition) is 2. The molecule has 4 nitrogen and oxygen atoms in total. The molecule has 0 saturated carbocycles. The molecule has 0 saturated heterocycles. The van der Waals surface area contributed by atoms with Crippen LogP contribution in [0.15, 0.2) is 182 Å². The van der Waals surface area contributed by atoms with Crippen LogP contribution < -0.4 is 0 Å². The third-order valence-electron chi connectivity index (χ3n) is 12.0. The van der Waals surface area contributed by atoms with Gasteiger partial charge in [0.25, 0.3) is 0 Å². The van der Waals surface area contributed by atoms with Crippen LogP contribution in [0.25, 0.3) is 121 Å². The number of fused-ring (bicyclic) bond motifs is 9. The molecule has 0 N–H and O–H groups in total. The highest BCUT2D eigenvalue weighted by Crippen LogP contribution is 2.45. The smallest absolute Gasteiger partial charge is 0.165 e. The van der Waals surface area contributed by atoms with Gasteiger partial charge in [-0.3, -0.25) is 4.57 Å². The molecule has 0 amide bonds. The van der Waals surface area contributed by atoms with Crippen LogP contribution in [0.1, 0.15) is 0 Å². The van der Waals surface area contributed by atoms with Gasteiger partial charge in [-0.25, -0.2) is 9.97 Å². The summed E-state index contributed by atoms with van der Waals surface area (Å²) < 4.78 is 4.86. The summed E-state index contributed by atoms with van der Waals surface area (Å²) in [7, 11) is 0. The van der Waals surface area contributed by atoms with Crippen LogP contribution >= 0.6 is 0 Å². The molecule has 9 aromatic carbocycles. The van der Waals surface area contributed by atoms with Crippen LogP contribution in [0.3, 0.4) is 0 Å². The van der Waals surface area contributed by atoms with Gasteiger partial charge in [-0.2, -0.15) is 0 Å². The van der Waals surface area contributed by atoms with Crippen molar-refractivity contribution in [2.24, 2.45) is 0 Å². The van der Waals surface area contributed by atoms with Crippen LogP contribution in [0.5, 0.6) is 0 Å². The van der Waals surface area contributed by atoms with Crippen molar-refractivity contribution >= 4 is 92.5 Å². The van der Waals surface area contributed by atoms with Gasteiger partial charge in [0, 0.05) is 43.4 Å². The average Bonchev–Trinajstić information content (AvgIpc) is 3.75. The van der Waals surface area contributed by atoms with Gasteiger partial charge in [0.05, 0.1) is 38.6 Å². The number of para-hydroxylation sites is 2. The Morgan fingerprint density at radius 3 is 1.86 bits per heavy atom. The van der Waals surface area contributed by atoms with Gasteiger partial charge < -0.3 is 4.40 Å². The van der Waals surface area contributed by atoms with E-state index < -0.39 is 0 Å². The Labute approximate surface area is 320 Å². The van der Waals surface area contributed by atoms with E-state index in [1.165, 1.54) is 59.6 Å². The Morgan fingerprint density at radius 1 is 0.357 bits per heavy atom. The largest absolute Gasteiger partial charge is 0.308 e. The molecule has 4 heteroatoms. The Balaban J connectivity index is 1.24. The van der Waals surface area contributed by atoms with Crippen molar-refractivity contribution < 1.29 is 0 Å². The van der Waals surface area contributed by atoms with E-state index in [1.807, 2.05) is 0 Å². The summed E-state index contributed by atoms with van der Waals surface area (Å²) >= 11 is 0. The summed E-state index contributed by atoms with van der Waals surface area (Å²) in [6.07, 6.45) is 0. The Hall–Kier alpha value is -7.56. The zero-order valence-electron chi connectivity index (χ0n) is 30.1. The first-order valence-electron chi connectivity index (χ1n) is 19.2. The monoisotopic (exact) mass is 710 g/mol. The van der Waals surface area contributed by atoms with Crippen molar-refractivity contribution in [3.05, 3.63) is 182 Å². The quantitative estimate of drug-likeness (QED) is 0.171. The zero-order valence-corrected chi connectivity index (χ0v) is 30.1. The van der Waals surface area contributed by atoms with E-state index in [0.717, 1.165) is 61.0 Å². The molecular formula is C52H30N4. The van der Waals surface area contributed by atoms with Gasteiger partial charge in [0.15, 0.2) is 5.82 Å². The number of aromatic nitrogens is 4. The zero-order chi connectivity index (χ0) is 36.5. The average molecular weight is 711 g/mol. The van der Waals surface area contributed by atoms with E-state index in [0.29, 0.717) is 0 Å². The third-order valence-corrected chi connectivity index (χ3v) is 12.0. The van der Waals surface area contributed by atoms with Crippen molar-refractivity contribution in [3.63, 3.8) is 0 Å². The van der Waals surface area contributed by atoms with Crippen LogP contribution in [-0.4, -0.2) is 18.9 Å². The predicted molar refractivity (Wildman–Crippen MR) is 234 cm³/mol. The molecule has 13 rings (SSSR count). The molecule has 0 unspecified atom stereocenters. The Bertz CT molecular complexity index is 3760. The predicted octanol–water partition coefficient (Wildman–Crippen LogP) is 13.5. The highest BCUT2D eigenvalue weighted by molar-refractivity contribution is 6.31. The van der Waals surface area contributed by atoms with E-state index in [-0.39, 0.29) is 0 Å². The van der Waals surface area contributed by atoms with Crippen molar-refractivity contribution in [2.45, 2.75) is 0 Å². The summed E-state index contributed by atoms with van der Waals surface area (Å²) in [5.74, 6) is 0.812. The summed E-state index contributed by atoms with van der Waals surface area (Å²) in [4.78, 5) is 11.5. The van der Waals surface area contributed by atoms with Crippen LogP contribution in [0, 0.1) is 0 Å². The van der Waals surface area contributed by atoms with Crippen molar-refractivity contribution in [3.8, 4) is 28.2 Å². The van der Waals surface area contributed by atoms with Crippen LogP contribution in [0.4, 0.5) is 0 Å². The highest BCUT2D eigenvalue weighted by Gasteiger charge is 2.25. The second-order valence-corrected chi connectivity index (χ2v) is 14.9. The van der Waals surface area contributed by atoms with Crippen molar-refractivity contribution in [1.82, 2.24) is 18.9 Å². The first kappa shape index (κ1) is 29.8. The maximum atomic E-state index is 5.82. The minimum absolute atomic E-state index is 0.812. The molecule has 0 fully saturated rings. The molecule has 4 heterocycles. The minimum Gasteiger partial charge on any atom is -0.308 e. The number of rotatable bonds is 3. The maximum Gasteiger partial charge on any atom is 0.165 e. The summed E-state index contributed by atoms with van der Waals surface area (Å²) in [5.41, 5.74) is 11.7. The van der Waals surface area contributed by atoms with Crippen LogP contribution in [-0.2, 0) is 0 Å². The lowest BCUT2D eigenvalue weighted by molar-refractivity contribution is 1.08. The second kappa shape index (κ2) is 11.0. The molecule has 258 valence electrons. The van der Waals surface area contributed by atoms with Gasteiger partial charge >= 0.3 is 0 Å². The maximum absolute atomic E-state index is 5.82. The fourth-order valence-electron chi connectivity index (χ4n) is 9.60. The van der Waals surface area contributed by atoms with Gasteiger partial charge in [0.1, 0.15) is 5.69 Å². The highest BCUT2D eigenvalue weighted by atomic mass is 15.1. The molecule has 0 atom stereocenters. The topological polar surface area (TPSA) is 35.1 Å². The molecule has 0 aliphatic carbocycles. The molecule has 0 aliphatic rings. The third kappa shape index (κ3) is 3.92. The summed E-state index contributed by atoms with van der Waals surface area (Å²) in [6.45, 7) is 0. The standard InChI is InChI=1S/C52H30N4/c1-2-14-32(15-3-1)48-52(54-50-41(30-34-17-6-7-18-36(34)49(50)53-48)35-28-27-31-13-4-5-16-33(31)29-35)56-43-24-11-20-38-40-22-10-21-39-37-19-8-9-23-42(37)55(51(39)40)44-25-12-26-45(56)47(44)46(38)43/h1-30H. The number of benzene rings is 9. The normalized spacial score (nSPS) is 12.3. The lowest BCUT2D eigenvalue weighted by Crippen LogP contribution is -2.05. The summed E-state index contributed by atoms with van der Waals surface area (Å²) in [5, 5.41) is 12.1. The van der Waals surface area contributed by atoms with E-state index in [2.05, 4.69) is 191 Å². The molecule has 0 radical (unpaired) electrons. The molecule has 0 bridgehead atoms. The second-order valence-electron chi connectivity index (χ2n) is 14.9. The number of nitrogens with zero attached hydrogens (tertiary/aromatic N) is 4. The first-order chi connectivity index (χ1) is 27.8. The molecular weight excluding hydrogens is 681 g/mol. The van der Waals surface area contributed by atoms with Crippen molar-refractivity contribution in [1.29, 1.82) is 0 Å². The fraction of sp³-hybridized carbons (Fsp3) is 0. The Morgan fingerprint density at radius 2 is 0.982 bits per heavy atom. The van der Waals surface area contributed by atoms with Gasteiger partial charge in [0.2, 0.25) is 0 Å². The van der Waals surface area contributed by atoms with Crippen molar-refractivity contribution in [2.75, 3.05) is 0 Å². The molecule has 13 aromatic rings. The molecule has 4 aromatic heterocycles.